The third-order valence-corrected chi connectivity index (χ3v) is 4.09. The molecule has 0 aliphatic carbocycles. The molecule has 1 aliphatic heterocycles. The molecule has 0 radical (unpaired) electrons. The number of aryl methyl sites for hydroxylation is 2. The van der Waals surface area contributed by atoms with Crippen LogP contribution in [0.3, 0.4) is 0 Å². The van der Waals surface area contributed by atoms with Gasteiger partial charge in [0.1, 0.15) is 0 Å². The number of benzene rings is 1. The maximum atomic E-state index is 12.1. The molecular weight excluding hydrogens is 268 g/mol. The molecule has 21 heavy (non-hydrogen) atoms. The zero-order chi connectivity index (χ0) is 15.4. The first-order chi connectivity index (χ1) is 9.95. The average molecular weight is 290 g/mol. The number of carboxylic acids is 1. The summed E-state index contributed by atoms with van der Waals surface area (Å²) in [6.45, 7) is 5.79. The van der Waals surface area contributed by atoms with E-state index in [0.29, 0.717) is 32.5 Å². The minimum atomic E-state index is -0.964. The number of hydrogen-bond acceptors (Lipinski definition) is 3. The zero-order valence-corrected chi connectivity index (χ0v) is 12.6. The minimum absolute atomic E-state index is 0.0242. The molecular formula is C16H22N2O3. The number of nitrogens with one attached hydrogen (secondary N) is 2. The molecule has 1 fully saturated rings. The molecule has 0 aromatic heterocycles. The number of quaternary nitrogens is 1. The molecule has 0 bridgehead atoms. The van der Waals surface area contributed by atoms with Gasteiger partial charge in [-0.15, -0.1) is 0 Å². The van der Waals surface area contributed by atoms with E-state index in [1.165, 1.54) is 5.56 Å². The van der Waals surface area contributed by atoms with E-state index in [0.717, 1.165) is 16.2 Å². The molecule has 1 saturated heterocycles. The standard InChI is InChI=1S/C16H22N2O3/c1-11-3-4-14(12(2)9-11)17-15(19)10-18-7-5-13(6-8-18)16(20)21/h3-4,9,13H,5-8,10H2,1-2H3,(H,17,19)(H,20,21). The Morgan fingerprint density at radius 2 is 1.95 bits per heavy atom. The average Bonchev–Trinajstić information content (AvgIpc) is 2.42. The fourth-order valence-corrected chi connectivity index (χ4v) is 2.81. The summed E-state index contributed by atoms with van der Waals surface area (Å²) in [5, 5.41) is 13.7. The van der Waals surface area contributed by atoms with E-state index < -0.39 is 5.97 Å². The van der Waals surface area contributed by atoms with Crippen molar-refractivity contribution in [3.8, 4) is 0 Å². The van der Waals surface area contributed by atoms with Crippen LogP contribution >= 0.6 is 0 Å². The molecule has 114 valence electrons. The summed E-state index contributed by atoms with van der Waals surface area (Å²) in [7, 11) is 0. The summed E-state index contributed by atoms with van der Waals surface area (Å²) in [5.41, 5.74) is 3.06. The molecule has 5 nitrogen and oxygen atoms in total. The number of carboxylic acid groups (broad SMARTS) is 1. The van der Waals surface area contributed by atoms with Crippen molar-refractivity contribution in [2.45, 2.75) is 26.7 Å². The number of rotatable bonds is 4. The SMILES string of the molecule is Cc1ccc(NC(=O)C[NH+]2CCC(C(=O)[O-])CC2)c(C)c1. The van der Waals surface area contributed by atoms with Gasteiger partial charge >= 0.3 is 0 Å². The van der Waals surface area contributed by atoms with Gasteiger partial charge in [0.15, 0.2) is 6.54 Å². The van der Waals surface area contributed by atoms with Gasteiger partial charge in [-0.05, 0) is 25.5 Å². The first-order valence-electron chi connectivity index (χ1n) is 7.37. The second-order valence-electron chi connectivity index (χ2n) is 5.89. The van der Waals surface area contributed by atoms with Gasteiger partial charge in [0.05, 0.1) is 13.1 Å². The zero-order valence-electron chi connectivity index (χ0n) is 12.6. The van der Waals surface area contributed by atoms with Gasteiger partial charge in [-0.1, -0.05) is 17.7 Å². The van der Waals surface area contributed by atoms with Crippen molar-refractivity contribution in [3.05, 3.63) is 29.3 Å². The van der Waals surface area contributed by atoms with Crippen LogP contribution in [0.15, 0.2) is 18.2 Å². The maximum Gasteiger partial charge on any atom is 0.279 e. The van der Waals surface area contributed by atoms with Gasteiger partial charge in [0.25, 0.3) is 5.91 Å². The van der Waals surface area contributed by atoms with Crippen LogP contribution in [-0.2, 0) is 9.59 Å². The maximum absolute atomic E-state index is 12.1. The fraction of sp³-hybridized carbons (Fsp3) is 0.500. The van der Waals surface area contributed by atoms with E-state index in [4.69, 9.17) is 0 Å². The van der Waals surface area contributed by atoms with Crippen molar-refractivity contribution in [3.63, 3.8) is 0 Å². The van der Waals surface area contributed by atoms with E-state index in [2.05, 4.69) is 5.32 Å². The van der Waals surface area contributed by atoms with Crippen LogP contribution in [0.5, 0.6) is 0 Å². The smallest absolute Gasteiger partial charge is 0.279 e. The topological polar surface area (TPSA) is 73.7 Å². The van der Waals surface area contributed by atoms with E-state index in [9.17, 15) is 14.7 Å². The molecule has 1 aromatic rings. The lowest BCUT2D eigenvalue weighted by Crippen LogP contribution is -3.14. The highest BCUT2D eigenvalue weighted by Gasteiger charge is 2.24. The molecule has 1 aromatic carbocycles. The van der Waals surface area contributed by atoms with Crippen LogP contribution in [0, 0.1) is 19.8 Å². The lowest BCUT2D eigenvalue weighted by atomic mass is 9.97. The summed E-state index contributed by atoms with van der Waals surface area (Å²) < 4.78 is 0. The second-order valence-corrected chi connectivity index (χ2v) is 5.89. The number of carbonyl (C=O) groups is 2. The third-order valence-electron chi connectivity index (χ3n) is 4.09. The molecule has 0 unspecified atom stereocenters. The summed E-state index contributed by atoms with van der Waals surface area (Å²) in [6.07, 6.45) is 1.18. The minimum Gasteiger partial charge on any atom is -0.550 e. The van der Waals surface area contributed by atoms with Gasteiger partial charge in [0.2, 0.25) is 0 Å². The molecule has 1 heterocycles. The highest BCUT2D eigenvalue weighted by atomic mass is 16.4. The molecule has 0 atom stereocenters. The normalized spacial score (nSPS) is 21.8. The van der Waals surface area contributed by atoms with E-state index in [-0.39, 0.29) is 11.8 Å². The molecule has 1 aliphatic rings. The largest absolute Gasteiger partial charge is 0.550 e. The Kier molecular flexibility index (Phi) is 4.96. The molecule has 0 saturated carbocycles. The predicted octanol–water partition coefficient (Wildman–Crippen LogP) is -0.713. The Labute approximate surface area is 125 Å². The number of hydrogen-bond donors (Lipinski definition) is 2. The number of aliphatic carboxylic acids is 1. The van der Waals surface area contributed by atoms with Gasteiger partial charge < -0.3 is 20.1 Å². The van der Waals surface area contributed by atoms with E-state index >= 15 is 0 Å². The Hall–Kier alpha value is -1.88. The highest BCUT2D eigenvalue weighted by molar-refractivity contribution is 5.92. The molecule has 1 amide bonds. The number of likely N-dealkylation sites (tertiary alicyclic amines) is 1. The lowest BCUT2D eigenvalue weighted by Gasteiger charge is -2.29. The number of piperidine rings is 1. The Morgan fingerprint density at radius 3 is 2.52 bits per heavy atom. The van der Waals surface area contributed by atoms with Gasteiger partial charge in [-0.2, -0.15) is 0 Å². The summed E-state index contributed by atoms with van der Waals surface area (Å²) >= 11 is 0. The third kappa shape index (κ3) is 4.29. The second kappa shape index (κ2) is 6.72. The number of carbonyl (C=O) groups excluding carboxylic acids is 2. The first-order valence-corrected chi connectivity index (χ1v) is 7.37. The summed E-state index contributed by atoms with van der Waals surface area (Å²) in [6, 6.07) is 5.93. The van der Waals surface area contributed by atoms with Crippen LogP contribution in [0.4, 0.5) is 5.69 Å². The van der Waals surface area contributed by atoms with Crippen molar-refractivity contribution < 1.29 is 19.6 Å². The molecule has 2 N–H and O–H groups in total. The van der Waals surface area contributed by atoms with Gasteiger partial charge in [-0.25, -0.2) is 0 Å². The predicted molar refractivity (Wildman–Crippen MR) is 77.8 cm³/mol. The van der Waals surface area contributed by atoms with Gasteiger partial charge in [-0.3, -0.25) is 4.79 Å². The monoisotopic (exact) mass is 290 g/mol. The van der Waals surface area contributed by atoms with Crippen LogP contribution in [0.25, 0.3) is 0 Å². The Balaban J connectivity index is 1.84. The van der Waals surface area contributed by atoms with Crippen molar-refractivity contribution in [2.75, 3.05) is 25.0 Å². The first kappa shape index (κ1) is 15.5. The van der Waals surface area contributed by atoms with Crippen molar-refractivity contribution in [1.29, 1.82) is 0 Å². The number of anilines is 1. The van der Waals surface area contributed by atoms with Crippen LogP contribution < -0.4 is 15.3 Å². The Morgan fingerprint density at radius 1 is 1.29 bits per heavy atom. The Bertz CT molecular complexity index is 534. The molecule has 2 rings (SSSR count). The quantitative estimate of drug-likeness (QED) is 0.769. The van der Waals surface area contributed by atoms with E-state index in [1.54, 1.807) is 0 Å². The van der Waals surface area contributed by atoms with Crippen molar-refractivity contribution in [2.24, 2.45) is 5.92 Å². The lowest BCUT2D eigenvalue weighted by molar-refractivity contribution is -0.897. The molecule has 0 spiro atoms. The van der Waals surface area contributed by atoms with Crippen LogP contribution in [0.1, 0.15) is 24.0 Å². The highest BCUT2D eigenvalue weighted by Crippen LogP contribution is 2.15. The summed E-state index contributed by atoms with van der Waals surface area (Å²) in [4.78, 5) is 24.0. The van der Waals surface area contributed by atoms with Crippen molar-refractivity contribution >= 4 is 17.6 Å². The van der Waals surface area contributed by atoms with E-state index in [1.807, 2.05) is 32.0 Å². The van der Waals surface area contributed by atoms with Crippen LogP contribution in [-0.4, -0.2) is 31.5 Å². The van der Waals surface area contributed by atoms with Crippen LogP contribution in [0.2, 0.25) is 0 Å². The molecule has 5 heteroatoms. The van der Waals surface area contributed by atoms with Gasteiger partial charge in [0, 0.05) is 30.4 Å². The summed E-state index contributed by atoms with van der Waals surface area (Å²) in [5.74, 6) is -1.34. The van der Waals surface area contributed by atoms with Crippen molar-refractivity contribution in [1.82, 2.24) is 0 Å². The fourth-order valence-electron chi connectivity index (χ4n) is 2.81. The number of amides is 1.